The zero-order valence-corrected chi connectivity index (χ0v) is 24.0. The summed E-state index contributed by atoms with van der Waals surface area (Å²) in [6, 6.07) is 8.78. The number of phenolic OH excluding ortho intramolecular Hbond substituents is 1. The van der Waals surface area contributed by atoms with Crippen molar-refractivity contribution in [2.45, 2.75) is 82.3 Å². The zero-order chi connectivity index (χ0) is 31.1. The highest BCUT2D eigenvalue weighted by Gasteiger charge is 2.44. The Labute approximate surface area is 248 Å². The van der Waals surface area contributed by atoms with Gasteiger partial charge in [-0.1, -0.05) is 44.7 Å². The van der Waals surface area contributed by atoms with E-state index in [0.717, 1.165) is 32.1 Å². The molecular weight excluding hydrogens is 564 g/mol. The Bertz CT molecular complexity index is 1420. The summed E-state index contributed by atoms with van der Waals surface area (Å²) in [5.41, 5.74) is 0.145. The van der Waals surface area contributed by atoms with Crippen LogP contribution < -0.4 is 14.9 Å². The normalized spacial score (nSPS) is 22.7. The van der Waals surface area contributed by atoms with Crippen LogP contribution in [0.1, 0.15) is 45.4 Å². The van der Waals surface area contributed by atoms with Crippen molar-refractivity contribution in [1.82, 2.24) is 0 Å². The van der Waals surface area contributed by atoms with Gasteiger partial charge in [0.2, 0.25) is 11.7 Å². The second-order valence-electron chi connectivity index (χ2n) is 10.5. The minimum Gasteiger partial charge on any atom is -0.507 e. The molecular formula is C31H38O12. The Morgan fingerprint density at radius 3 is 2.37 bits per heavy atom. The molecule has 1 aromatic heterocycles. The predicted molar refractivity (Wildman–Crippen MR) is 154 cm³/mol. The van der Waals surface area contributed by atoms with Gasteiger partial charge >= 0.3 is 5.97 Å². The molecule has 1 aliphatic heterocycles. The van der Waals surface area contributed by atoms with E-state index in [1.807, 2.05) is 0 Å². The van der Waals surface area contributed by atoms with Gasteiger partial charge in [-0.3, -0.25) is 4.79 Å². The largest absolute Gasteiger partial charge is 0.507 e. The molecule has 2 heterocycles. The first-order chi connectivity index (χ1) is 20.7. The van der Waals surface area contributed by atoms with Crippen LogP contribution in [0.15, 0.2) is 51.9 Å². The standard InChI is InChI=1S/C31H38O12/c1-3-4-5-6-7-8-22(30(38)39-2)41-19-13-21(33)25-23(14-19)40-16-20(26(25)34)17-9-11-18(12-10-17)42-31-29(37)28(36)27(35)24(15-32)43-31/h9-14,16,22,24,27-29,31-33,35-37H,3-8,15H2,1-2H3/t22-,24-,27-,28+,29-,31-/m0/s1. The fourth-order valence-electron chi connectivity index (χ4n) is 4.94. The Balaban J connectivity index is 1.50. The first kappa shape index (κ1) is 32.2. The number of carbonyl (C=O) groups excluding carboxylic acids is 1. The molecule has 6 atom stereocenters. The van der Waals surface area contributed by atoms with E-state index >= 15 is 0 Å². The highest BCUT2D eigenvalue weighted by atomic mass is 16.7. The number of benzene rings is 2. The van der Waals surface area contributed by atoms with Crippen molar-refractivity contribution in [3.05, 3.63) is 52.9 Å². The monoisotopic (exact) mass is 602 g/mol. The van der Waals surface area contributed by atoms with Crippen LogP contribution in [0.3, 0.4) is 0 Å². The second kappa shape index (κ2) is 14.7. The van der Waals surface area contributed by atoms with Crippen molar-refractivity contribution in [3.63, 3.8) is 0 Å². The molecule has 0 amide bonds. The summed E-state index contributed by atoms with van der Waals surface area (Å²) in [4.78, 5) is 25.7. The van der Waals surface area contributed by atoms with E-state index in [-0.39, 0.29) is 33.8 Å². The lowest BCUT2D eigenvalue weighted by Gasteiger charge is -2.39. The molecule has 0 bridgehead atoms. The number of rotatable bonds is 13. The van der Waals surface area contributed by atoms with Gasteiger partial charge in [0.1, 0.15) is 58.9 Å². The molecule has 0 radical (unpaired) electrons. The Hall–Kier alpha value is -3.68. The molecule has 3 aromatic rings. The van der Waals surface area contributed by atoms with Gasteiger partial charge < -0.3 is 48.9 Å². The molecule has 0 spiro atoms. The number of fused-ring (bicyclic) bond motifs is 1. The van der Waals surface area contributed by atoms with E-state index in [4.69, 9.17) is 23.4 Å². The van der Waals surface area contributed by atoms with Crippen LogP contribution in [0.25, 0.3) is 22.1 Å². The van der Waals surface area contributed by atoms with Gasteiger partial charge in [-0.05, 0) is 30.5 Å². The van der Waals surface area contributed by atoms with Crippen LogP contribution in [0.5, 0.6) is 17.2 Å². The highest BCUT2D eigenvalue weighted by molar-refractivity contribution is 5.88. The van der Waals surface area contributed by atoms with Crippen molar-refractivity contribution in [3.8, 4) is 28.4 Å². The SMILES string of the molecule is CCCCCCC[C@H](Oc1cc(O)c2c(=O)c(-c3ccc(O[C@H]4O[C@@H](CO)[C@H](O)[C@@H](O)[C@@H]4O)cc3)coc2c1)C(=O)OC. The Kier molecular flexibility index (Phi) is 11.0. The number of carbonyl (C=O) groups is 1. The van der Waals surface area contributed by atoms with Crippen molar-refractivity contribution in [2.75, 3.05) is 13.7 Å². The first-order valence-corrected chi connectivity index (χ1v) is 14.3. The molecule has 0 aliphatic carbocycles. The first-order valence-electron chi connectivity index (χ1n) is 14.3. The van der Waals surface area contributed by atoms with E-state index in [1.54, 1.807) is 12.1 Å². The Morgan fingerprint density at radius 2 is 1.70 bits per heavy atom. The molecule has 43 heavy (non-hydrogen) atoms. The van der Waals surface area contributed by atoms with E-state index in [0.29, 0.717) is 12.0 Å². The molecule has 234 valence electrons. The molecule has 2 aromatic carbocycles. The van der Waals surface area contributed by atoms with Gasteiger partial charge in [-0.25, -0.2) is 4.79 Å². The summed E-state index contributed by atoms with van der Waals surface area (Å²) < 4.78 is 27.4. The molecule has 0 saturated carbocycles. The summed E-state index contributed by atoms with van der Waals surface area (Å²) in [5, 5.41) is 50.1. The summed E-state index contributed by atoms with van der Waals surface area (Å²) >= 11 is 0. The molecule has 1 fully saturated rings. The Morgan fingerprint density at radius 1 is 0.977 bits per heavy atom. The van der Waals surface area contributed by atoms with Crippen LogP contribution in [0, 0.1) is 0 Å². The van der Waals surface area contributed by atoms with Gasteiger partial charge in [0.25, 0.3) is 0 Å². The number of esters is 1. The number of phenols is 1. The maximum atomic E-state index is 13.4. The topological polar surface area (TPSA) is 185 Å². The fraction of sp³-hybridized carbons (Fsp3) is 0.484. The average Bonchev–Trinajstić information content (AvgIpc) is 3.00. The quantitative estimate of drug-likeness (QED) is 0.142. The van der Waals surface area contributed by atoms with E-state index < -0.39 is 54.8 Å². The van der Waals surface area contributed by atoms with Gasteiger partial charge in [0.15, 0.2) is 6.10 Å². The van der Waals surface area contributed by atoms with Crippen molar-refractivity contribution in [1.29, 1.82) is 0 Å². The molecule has 0 unspecified atom stereocenters. The summed E-state index contributed by atoms with van der Waals surface area (Å²) in [6.45, 7) is 1.53. The van der Waals surface area contributed by atoms with Gasteiger partial charge in [0, 0.05) is 12.1 Å². The van der Waals surface area contributed by atoms with E-state index in [9.17, 15) is 35.1 Å². The molecule has 1 aliphatic rings. The minimum atomic E-state index is -1.59. The van der Waals surface area contributed by atoms with Crippen LogP contribution >= 0.6 is 0 Å². The third-order valence-electron chi connectivity index (χ3n) is 7.41. The van der Waals surface area contributed by atoms with Crippen LogP contribution in [0.2, 0.25) is 0 Å². The van der Waals surface area contributed by atoms with E-state index in [2.05, 4.69) is 6.92 Å². The lowest BCUT2D eigenvalue weighted by atomic mass is 9.99. The molecule has 12 nitrogen and oxygen atoms in total. The number of unbranched alkanes of at least 4 members (excludes halogenated alkanes) is 4. The highest BCUT2D eigenvalue weighted by Crippen LogP contribution is 2.32. The second-order valence-corrected chi connectivity index (χ2v) is 10.5. The lowest BCUT2D eigenvalue weighted by molar-refractivity contribution is -0.277. The summed E-state index contributed by atoms with van der Waals surface area (Å²) in [5.74, 6) is -0.545. The van der Waals surface area contributed by atoms with Crippen molar-refractivity contribution in [2.24, 2.45) is 0 Å². The predicted octanol–water partition coefficient (Wildman–Crippen LogP) is 2.63. The number of aromatic hydroxyl groups is 1. The summed E-state index contributed by atoms with van der Waals surface area (Å²) in [7, 11) is 1.28. The summed E-state index contributed by atoms with van der Waals surface area (Å²) in [6.07, 6.45) is -1.35. The van der Waals surface area contributed by atoms with Gasteiger partial charge in [-0.15, -0.1) is 0 Å². The lowest BCUT2D eigenvalue weighted by Crippen LogP contribution is -2.60. The number of hydrogen-bond donors (Lipinski definition) is 5. The number of hydrogen-bond acceptors (Lipinski definition) is 12. The average molecular weight is 603 g/mol. The van der Waals surface area contributed by atoms with Crippen LogP contribution in [-0.4, -0.2) is 82.0 Å². The number of aliphatic hydroxyl groups excluding tert-OH is 4. The molecule has 4 rings (SSSR count). The van der Waals surface area contributed by atoms with Gasteiger partial charge in [0.05, 0.1) is 19.3 Å². The van der Waals surface area contributed by atoms with Crippen LogP contribution in [0.4, 0.5) is 0 Å². The fourth-order valence-corrected chi connectivity index (χ4v) is 4.94. The third kappa shape index (κ3) is 7.46. The number of ether oxygens (including phenoxy) is 4. The minimum absolute atomic E-state index is 0.0675. The molecule has 12 heteroatoms. The third-order valence-corrected chi connectivity index (χ3v) is 7.41. The number of aliphatic hydroxyl groups is 4. The maximum Gasteiger partial charge on any atom is 0.347 e. The van der Waals surface area contributed by atoms with Gasteiger partial charge in [-0.2, -0.15) is 0 Å². The van der Waals surface area contributed by atoms with Crippen molar-refractivity contribution >= 4 is 16.9 Å². The van der Waals surface area contributed by atoms with Crippen molar-refractivity contribution < 1.29 is 53.7 Å². The zero-order valence-electron chi connectivity index (χ0n) is 24.0. The molecule has 1 saturated heterocycles. The van der Waals surface area contributed by atoms with E-state index in [1.165, 1.54) is 37.6 Å². The molecule has 5 N–H and O–H groups in total. The van der Waals surface area contributed by atoms with Crippen LogP contribution in [-0.2, 0) is 14.3 Å². The maximum absolute atomic E-state index is 13.4. The smallest absolute Gasteiger partial charge is 0.347 e. The number of methoxy groups -OCH3 is 1.